The van der Waals surface area contributed by atoms with Crippen molar-refractivity contribution in [3.63, 3.8) is 0 Å². The van der Waals surface area contributed by atoms with Gasteiger partial charge in [0.05, 0.1) is 5.69 Å². The van der Waals surface area contributed by atoms with Crippen LogP contribution in [-0.2, 0) is 9.59 Å². The number of para-hydroxylation sites is 2. The van der Waals surface area contributed by atoms with Crippen LogP contribution in [0.1, 0.15) is 27.7 Å². The second-order valence-corrected chi connectivity index (χ2v) is 5.95. The van der Waals surface area contributed by atoms with E-state index >= 15 is 0 Å². The normalized spacial score (nSPS) is 18.3. The maximum absolute atomic E-state index is 12.2. The van der Waals surface area contributed by atoms with Crippen LogP contribution < -0.4 is 15.0 Å². The van der Waals surface area contributed by atoms with Gasteiger partial charge in [-0.3, -0.25) is 14.5 Å². The molecule has 5 heteroatoms. The summed E-state index contributed by atoms with van der Waals surface area (Å²) in [6.45, 7) is 7.40. The van der Waals surface area contributed by atoms with Crippen molar-refractivity contribution in [1.29, 1.82) is 0 Å². The summed E-state index contributed by atoms with van der Waals surface area (Å²) in [6.07, 6.45) is -0.577. The Morgan fingerprint density at radius 2 is 2.00 bits per heavy atom. The number of rotatable bonds is 2. The van der Waals surface area contributed by atoms with Crippen molar-refractivity contribution in [3.05, 3.63) is 24.3 Å². The standard InChI is InChI=1S/C15H20N2O3/c1-10-14(19)17(9-13(18)16-15(2,3)4)11-7-5-6-8-12(11)20-10/h5-8,10H,9H2,1-4H3,(H,16,18)/t10-/m1/s1. The van der Waals surface area contributed by atoms with Gasteiger partial charge in [-0.05, 0) is 39.8 Å². The van der Waals surface area contributed by atoms with Gasteiger partial charge < -0.3 is 10.1 Å². The van der Waals surface area contributed by atoms with E-state index in [9.17, 15) is 9.59 Å². The maximum Gasteiger partial charge on any atom is 0.268 e. The van der Waals surface area contributed by atoms with Crippen LogP contribution in [0.5, 0.6) is 5.75 Å². The number of amides is 2. The number of carbonyl (C=O) groups excluding carboxylic acids is 2. The van der Waals surface area contributed by atoms with E-state index in [0.717, 1.165) is 0 Å². The number of anilines is 1. The fourth-order valence-corrected chi connectivity index (χ4v) is 2.12. The Kier molecular flexibility index (Phi) is 3.70. The van der Waals surface area contributed by atoms with Crippen LogP contribution in [0.2, 0.25) is 0 Å². The van der Waals surface area contributed by atoms with E-state index in [1.165, 1.54) is 4.90 Å². The molecule has 108 valence electrons. The van der Waals surface area contributed by atoms with E-state index in [4.69, 9.17) is 4.74 Å². The van der Waals surface area contributed by atoms with Gasteiger partial charge in [0.25, 0.3) is 5.91 Å². The second-order valence-electron chi connectivity index (χ2n) is 5.95. The molecule has 2 amide bonds. The fraction of sp³-hybridized carbons (Fsp3) is 0.467. The van der Waals surface area contributed by atoms with Gasteiger partial charge >= 0.3 is 0 Å². The molecule has 20 heavy (non-hydrogen) atoms. The highest BCUT2D eigenvalue weighted by Crippen LogP contribution is 2.33. The fourth-order valence-electron chi connectivity index (χ4n) is 2.12. The van der Waals surface area contributed by atoms with Gasteiger partial charge in [0.15, 0.2) is 6.10 Å². The molecule has 1 aromatic rings. The van der Waals surface area contributed by atoms with Crippen LogP contribution in [0.15, 0.2) is 24.3 Å². The predicted molar refractivity (Wildman–Crippen MR) is 76.8 cm³/mol. The molecular weight excluding hydrogens is 256 g/mol. The molecule has 0 saturated heterocycles. The Balaban J connectivity index is 2.22. The minimum atomic E-state index is -0.577. The number of hydrogen-bond donors (Lipinski definition) is 1. The smallest absolute Gasteiger partial charge is 0.268 e. The van der Waals surface area contributed by atoms with Crippen molar-refractivity contribution in [2.75, 3.05) is 11.4 Å². The van der Waals surface area contributed by atoms with Gasteiger partial charge in [0.1, 0.15) is 12.3 Å². The first-order valence-corrected chi connectivity index (χ1v) is 6.66. The lowest BCUT2D eigenvalue weighted by Crippen LogP contribution is -2.51. The monoisotopic (exact) mass is 276 g/mol. The molecule has 1 heterocycles. The van der Waals surface area contributed by atoms with Crippen molar-refractivity contribution in [2.45, 2.75) is 39.3 Å². The molecule has 5 nitrogen and oxygen atoms in total. The third kappa shape index (κ3) is 3.10. The van der Waals surface area contributed by atoms with E-state index in [2.05, 4.69) is 5.32 Å². The zero-order valence-electron chi connectivity index (χ0n) is 12.3. The number of hydrogen-bond acceptors (Lipinski definition) is 3. The van der Waals surface area contributed by atoms with Gasteiger partial charge in [0, 0.05) is 5.54 Å². The summed E-state index contributed by atoms with van der Waals surface area (Å²) in [5.74, 6) is 0.241. The minimum absolute atomic E-state index is 0.000810. The third-order valence-electron chi connectivity index (χ3n) is 2.89. The first-order valence-electron chi connectivity index (χ1n) is 6.66. The van der Waals surface area contributed by atoms with Crippen LogP contribution in [0.4, 0.5) is 5.69 Å². The molecule has 0 radical (unpaired) electrons. The lowest BCUT2D eigenvalue weighted by molar-refractivity contribution is -0.128. The SMILES string of the molecule is C[C@H]1Oc2ccccc2N(CC(=O)NC(C)(C)C)C1=O. The van der Waals surface area contributed by atoms with Gasteiger partial charge in [-0.1, -0.05) is 12.1 Å². The Morgan fingerprint density at radius 1 is 1.35 bits per heavy atom. The molecule has 1 aliphatic heterocycles. The Bertz CT molecular complexity index is 534. The zero-order valence-corrected chi connectivity index (χ0v) is 12.3. The van der Waals surface area contributed by atoms with E-state index < -0.39 is 6.10 Å². The van der Waals surface area contributed by atoms with Crippen molar-refractivity contribution in [2.24, 2.45) is 0 Å². The van der Waals surface area contributed by atoms with Crippen molar-refractivity contribution < 1.29 is 14.3 Å². The molecule has 0 aliphatic carbocycles. The summed E-state index contributed by atoms with van der Waals surface area (Å²) >= 11 is 0. The third-order valence-corrected chi connectivity index (χ3v) is 2.89. The van der Waals surface area contributed by atoms with Crippen LogP contribution >= 0.6 is 0 Å². The molecule has 1 N–H and O–H groups in total. The van der Waals surface area contributed by atoms with Crippen LogP contribution in [0, 0.1) is 0 Å². The molecule has 0 bridgehead atoms. The number of nitrogens with one attached hydrogen (secondary N) is 1. The van der Waals surface area contributed by atoms with Crippen LogP contribution in [-0.4, -0.2) is 30.0 Å². The van der Waals surface area contributed by atoms with E-state index in [0.29, 0.717) is 11.4 Å². The molecule has 0 unspecified atom stereocenters. The quantitative estimate of drug-likeness (QED) is 0.894. The van der Waals surface area contributed by atoms with E-state index in [1.807, 2.05) is 32.9 Å². The van der Waals surface area contributed by atoms with Crippen molar-refractivity contribution in [3.8, 4) is 5.75 Å². The first kappa shape index (κ1) is 14.4. The Hall–Kier alpha value is -2.04. The summed E-state index contributed by atoms with van der Waals surface area (Å²) < 4.78 is 5.53. The number of nitrogens with zero attached hydrogens (tertiary/aromatic N) is 1. The molecule has 0 saturated carbocycles. The average Bonchev–Trinajstić information content (AvgIpc) is 2.32. The maximum atomic E-state index is 12.2. The molecule has 1 atom stereocenters. The van der Waals surface area contributed by atoms with Crippen LogP contribution in [0.3, 0.4) is 0 Å². The summed E-state index contributed by atoms with van der Waals surface area (Å²) in [4.78, 5) is 25.7. The van der Waals surface area contributed by atoms with Gasteiger partial charge in [-0.15, -0.1) is 0 Å². The van der Waals surface area contributed by atoms with Crippen LogP contribution in [0.25, 0.3) is 0 Å². The van der Waals surface area contributed by atoms with E-state index in [1.54, 1.807) is 19.1 Å². The number of ether oxygens (including phenoxy) is 1. The highest BCUT2D eigenvalue weighted by atomic mass is 16.5. The molecule has 1 aromatic carbocycles. The topological polar surface area (TPSA) is 58.6 Å². The number of benzene rings is 1. The molecule has 0 aromatic heterocycles. The number of carbonyl (C=O) groups is 2. The summed E-state index contributed by atoms with van der Waals surface area (Å²) in [6, 6.07) is 7.24. The second kappa shape index (κ2) is 5.15. The molecule has 0 fully saturated rings. The van der Waals surface area contributed by atoms with Gasteiger partial charge in [0.2, 0.25) is 5.91 Å². The first-order chi connectivity index (χ1) is 9.28. The lowest BCUT2D eigenvalue weighted by atomic mass is 10.1. The summed E-state index contributed by atoms with van der Waals surface area (Å²) in [5, 5.41) is 2.86. The molecule has 0 spiro atoms. The highest BCUT2D eigenvalue weighted by Gasteiger charge is 2.32. The van der Waals surface area contributed by atoms with Crippen molar-refractivity contribution in [1.82, 2.24) is 5.32 Å². The summed E-state index contributed by atoms with van der Waals surface area (Å²) in [7, 11) is 0. The average molecular weight is 276 g/mol. The zero-order chi connectivity index (χ0) is 14.9. The van der Waals surface area contributed by atoms with E-state index in [-0.39, 0.29) is 23.9 Å². The Morgan fingerprint density at radius 3 is 2.65 bits per heavy atom. The molecular formula is C15H20N2O3. The van der Waals surface area contributed by atoms with Gasteiger partial charge in [-0.2, -0.15) is 0 Å². The summed E-state index contributed by atoms with van der Waals surface area (Å²) in [5.41, 5.74) is 0.317. The number of fused-ring (bicyclic) bond motifs is 1. The Labute approximate surface area is 118 Å². The minimum Gasteiger partial charge on any atom is -0.479 e. The lowest BCUT2D eigenvalue weighted by Gasteiger charge is -2.33. The predicted octanol–water partition coefficient (Wildman–Crippen LogP) is 1.72. The molecule has 2 rings (SSSR count). The van der Waals surface area contributed by atoms with Crippen molar-refractivity contribution >= 4 is 17.5 Å². The molecule has 1 aliphatic rings. The largest absolute Gasteiger partial charge is 0.479 e. The van der Waals surface area contributed by atoms with Gasteiger partial charge in [-0.25, -0.2) is 0 Å². The highest BCUT2D eigenvalue weighted by molar-refractivity contribution is 6.03.